The minimum Gasteiger partial charge on any atom is -0.508 e. The van der Waals surface area contributed by atoms with Gasteiger partial charge in [0.2, 0.25) is 0 Å². The second-order valence-electron chi connectivity index (χ2n) is 4.03. The van der Waals surface area contributed by atoms with Gasteiger partial charge < -0.3 is 10.4 Å². The molecule has 0 aromatic heterocycles. The molecule has 2 aromatic rings. The highest BCUT2D eigenvalue weighted by atomic mass is 35.5. The number of phenolic OH excluding ortho intramolecular Hbond substituents is 1. The zero-order valence-electron chi connectivity index (χ0n) is 10.1. The average molecular weight is 280 g/mol. The van der Waals surface area contributed by atoms with Crippen LogP contribution in [0.25, 0.3) is 0 Å². The van der Waals surface area contributed by atoms with Gasteiger partial charge in [-0.25, -0.2) is 4.39 Å². The summed E-state index contributed by atoms with van der Waals surface area (Å²) >= 11 is 5.94. The molecule has 0 bridgehead atoms. The van der Waals surface area contributed by atoms with Crippen molar-refractivity contribution < 1.29 is 14.3 Å². The van der Waals surface area contributed by atoms with Crippen molar-refractivity contribution in [3.05, 3.63) is 58.4 Å². The number of hydrogen-bond donors (Lipinski definition) is 2. The minimum atomic E-state index is -0.780. The molecule has 2 aromatic carbocycles. The number of hydrogen-bond acceptors (Lipinski definition) is 2. The van der Waals surface area contributed by atoms with E-state index in [0.717, 1.165) is 6.07 Å². The van der Waals surface area contributed by atoms with Gasteiger partial charge in [-0.15, -0.1) is 0 Å². The fourth-order valence-electron chi connectivity index (χ4n) is 1.62. The Morgan fingerprint density at radius 1 is 1.32 bits per heavy atom. The van der Waals surface area contributed by atoms with Crippen molar-refractivity contribution in [2.24, 2.45) is 0 Å². The number of anilines is 1. The summed E-state index contributed by atoms with van der Waals surface area (Å²) in [6.07, 6.45) is 0. The Hall–Kier alpha value is -2.07. The number of nitrogens with one attached hydrogen (secondary N) is 1. The summed E-state index contributed by atoms with van der Waals surface area (Å²) in [6.45, 7) is 1.76. The van der Waals surface area contributed by atoms with Crippen LogP contribution in [-0.2, 0) is 0 Å². The lowest BCUT2D eigenvalue weighted by Crippen LogP contribution is -2.14. The number of carbonyl (C=O) groups excluding carboxylic acids is 1. The van der Waals surface area contributed by atoms with Gasteiger partial charge in [0.15, 0.2) is 0 Å². The summed E-state index contributed by atoms with van der Waals surface area (Å²) in [5, 5.41) is 12.2. The van der Waals surface area contributed by atoms with Crippen LogP contribution in [-0.4, -0.2) is 11.0 Å². The molecule has 0 aliphatic carbocycles. The van der Waals surface area contributed by atoms with Gasteiger partial charge in [0.1, 0.15) is 11.6 Å². The Kier molecular flexibility index (Phi) is 3.71. The SMILES string of the molecule is Cc1c(Cl)cccc1NC(=O)c1ccc(O)cc1F. The molecule has 0 fully saturated rings. The third-order valence-electron chi connectivity index (χ3n) is 2.71. The average Bonchev–Trinajstić information content (AvgIpc) is 2.34. The van der Waals surface area contributed by atoms with Crippen LogP contribution >= 0.6 is 11.6 Å². The molecule has 0 unspecified atom stereocenters. The van der Waals surface area contributed by atoms with E-state index >= 15 is 0 Å². The van der Waals surface area contributed by atoms with Crippen LogP contribution in [0.1, 0.15) is 15.9 Å². The number of halogens is 2. The number of carbonyl (C=O) groups is 1. The Morgan fingerprint density at radius 3 is 2.74 bits per heavy atom. The molecule has 98 valence electrons. The van der Waals surface area contributed by atoms with Crippen molar-refractivity contribution in [3.8, 4) is 5.75 Å². The highest BCUT2D eigenvalue weighted by Gasteiger charge is 2.13. The summed E-state index contributed by atoms with van der Waals surface area (Å²) < 4.78 is 13.5. The molecule has 2 rings (SSSR count). The topological polar surface area (TPSA) is 49.3 Å². The highest BCUT2D eigenvalue weighted by Crippen LogP contribution is 2.24. The minimum absolute atomic E-state index is 0.142. The van der Waals surface area contributed by atoms with Crippen molar-refractivity contribution >= 4 is 23.2 Å². The predicted octanol–water partition coefficient (Wildman–Crippen LogP) is 3.75. The Labute approximate surface area is 114 Å². The van der Waals surface area contributed by atoms with E-state index in [9.17, 15) is 9.18 Å². The van der Waals surface area contributed by atoms with Gasteiger partial charge in [0, 0.05) is 16.8 Å². The van der Waals surface area contributed by atoms with E-state index < -0.39 is 11.7 Å². The summed E-state index contributed by atoms with van der Waals surface area (Å²) in [5.41, 5.74) is 1.08. The zero-order chi connectivity index (χ0) is 14.0. The van der Waals surface area contributed by atoms with Crippen molar-refractivity contribution in [1.29, 1.82) is 0 Å². The molecule has 1 amide bonds. The fraction of sp³-hybridized carbons (Fsp3) is 0.0714. The van der Waals surface area contributed by atoms with E-state index in [4.69, 9.17) is 16.7 Å². The molecule has 0 radical (unpaired) electrons. The van der Waals surface area contributed by atoms with Crippen molar-refractivity contribution in [2.45, 2.75) is 6.92 Å². The monoisotopic (exact) mass is 279 g/mol. The first kappa shape index (κ1) is 13.4. The van der Waals surface area contributed by atoms with Gasteiger partial charge in [0.05, 0.1) is 5.56 Å². The fourth-order valence-corrected chi connectivity index (χ4v) is 1.80. The van der Waals surface area contributed by atoms with Crippen LogP contribution in [0.5, 0.6) is 5.75 Å². The maximum Gasteiger partial charge on any atom is 0.258 e. The summed E-state index contributed by atoms with van der Waals surface area (Å²) in [7, 11) is 0. The first-order chi connectivity index (χ1) is 8.99. The van der Waals surface area contributed by atoms with Gasteiger partial charge >= 0.3 is 0 Å². The predicted molar refractivity (Wildman–Crippen MR) is 72.2 cm³/mol. The van der Waals surface area contributed by atoms with Crippen LogP contribution in [0.15, 0.2) is 36.4 Å². The quantitative estimate of drug-likeness (QED) is 0.880. The van der Waals surface area contributed by atoms with Gasteiger partial charge in [-0.3, -0.25) is 4.79 Å². The van der Waals surface area contributed by atoms with Crippen molar-refractivity contribution in [1.82, 2.24) is 0 Å². The number of amides is 1. The molecule has 0 atom stereocenters. The van der Waals surface area contributed by atoms with E-state index in [1.54, 1.807) is 25.1 Å². The van der Waals surface area contributed by atoms with Crippen LogP contribution in [0.4, 0.5) is 10.1 Å². The maximum absolute atomic E-state index is 13.5. The molecule has 0 saturated carbocycles. The summed E-state index contributed by atoms with van der Waals surface area (Å²) in [4.78, 5) is 11.9. The molecule has 2 N–H and O–H groups in total. The highest BCUT2D eigenvalue weighted by molar-refractivity contribution is 6.31. The Morgan fingerprint density at radius 2 is 2.05 bits per heavy atom. The third kappa shape index (κ3) is 2.85. The van der Waals surface area contributed by atoms with E-state index in [1.165, 1.54) is 12.1 Å². The second-order valence-corrected chi connectivity index (χ2v) is 4.44. The molecule has 0 spiro atoms. The maximum atomic E-state index is 13.5. The number of phenols is 1. The number of aromatic hydroxyl groups is 1. The van der Waals surface area contributed by atoms with Gasteiger partial charge in [-0.2, -0.15) is 0 Å². The lowest BCUT2D eigenvalue weighted by atomic mass is 10.1. The third-order valence-corrected chi connectivity index (χ3v) is 3.12. The lowest BCUT2D eigenvalue weighted by Gasteiger charge is -2.10. The Balaban J connectivity index is 2.28. The number of rotatable bonds is 2. The largest absolute Gasteiger partial charge is 0.508 e. The van der Waals surface area contributed by atoms with Crippen LogP contribution in [0.2, 0.25) is 5.02 Å². The standard InChI is InChI=1S/C14H11ClFNO2/c1-8-11(15)3-2-4-13(8)17-14(19)10-6-5-9(18)7-12(10)16/h2-7,18H,1H3,(H,17,19). The summed E-state index contributed by atoms with van der Waals surface area (Å²) in [5.74, 6) is -1.60. The molecule has 0 aliphatic rings. The van der Waals surface area contributed by atoms with Crippen LogP contribution in [0.3, 0.4) is 0 Å². The summed E-state index contributed by atoms with van der Waals surface area (Å²) in [6, 6.07) is 8.44. The molecular weight excluding hydrogens is 269 g/mol. The normalized spacial score (nSPS) is 10.3. The van der Waals surface area contributed by atoms with Gasteiger partial charge in [-0.1, -0.05) is 17.7 Å². The van der Waals surface area contributed by atoms with E-state index in [2.05, 4.69) is 5.32 Å². The van der Waals surface area contributed by atoms with Crippen molar-refractivity contribution in [2.75, 3.05) is 5.32 Å². The molecular formula is C14H11ClFNO2. The van der Waals surface area contributed by atoms with Crippen LogP contribution < -0.4 is 5.32 Å². The zero-order valence-corrected chi connectivity index (χ0v) is 10.8. The molecule has 19 heavy (non-hydrogen) atoms. The molecule has 0 saturated heterocycles. The van der Waals surface area contributed by atoms with E-state index in [-0.39, 0.29) is 11.3 Å². The molecule has 3 nitrogen and oxygen atoms in total. The first-order valence-electron chi connectivity index (χ1n) is 5.54. The lowest BCUT2D eigenvalue weighted by molar-refractivity contribution is 0.102. The Bertz CT molecular complexity index is 643. The van der Waals surface area contributed by atoms with Gasteiger partial charge in [-0.05, 0) is 36.8 Å². The van der Waals surface area contributed by atoms with E-state index in [1.807, 2.05) is 0 Å². The van der Waals surface area contributed by atoms with Crippen LogP contribution in [0, 0.1) is 12.7 Å². The number of benzene rings is 2. The first-order valence-corrected chi connectivity index (χ1v) is 5.92. The second kappa shape index (κ2) is 5.28. The molecule has 5 heteroatoms. The van der Waals surface area contributed by atoms with E-state index in [0.29, 0.717) is 16.3 Å². The smallest absolute Gasteiger partial charge is 0.258 e. The van der Waals surface area contributed by atoms with Crippen molar-refractivity contribution in [3.63, 3.8) is 0 Å². The van der Waals surface area contributed by atoms with Gasteiger partial charge in [0.25, 0.3) is 5.91 Å². The molecule has 0 heterocycles. The molecule has 0 aliphatic heterocycles.